The Kier molecular flexibility index (Phi) is 6.39. The summed E-state index contributed by atoms with van der Waals surface area (Å²) in [5.74, 6) is -0.334. The Morgan fingerprint density at radius 1 is 1.52 bits per heavy atom. The highest BCUT2D eigenvalue weighted by Gasteiger charge is 2.28. The van der Waals surface area contributed by atoms with Crippen molar-refractivity contribution in [1.29, 1.82) is 0 Å². The number of nitrogens with zero attached hydrogens (tertiary/aromatic N) is 2. The van der Waals surface area contributed by atoms with Gasteiger partial charge in [0.25, 0.3) is 11.6 Å². The number of benzene rings is 1. The van der Waals surface area contributed by atoms with Gasteiger partial charge >= 0.3 is 0 Å². The monoisotopic (exact) mass is 333 g/mol. The highest BCUT2D eigenvalue weighted by atomic mass is 35.5. The van der Waals surface area contributed by atoms with E-state index in [1.807, 2.05) is 7.05 Å². The minimum atomic E-state index is -0.553. The van der Waals surface area contributed by atoms with Crippen LogP contribution < -0.4 is 5.32 Å². The van der Waals surface area contributed by atoms with Gasteiger partial charge in [0.15, 0.2) is 0 Å². The molecule has 116 valence electrons. The molecule has 1 N–H and O–H groups in total. The molecule has 1 fully saturated rings. The maximum Gasteiger partial charge on any atom is 0.282 e. The summed E-state index contributed by atoms with van der Waals surface area (Å²) in [4.78, 5) is 24.6. The summed E-state index contributed by atoms with van der Waals surface area (Å²) in [6.07, 6.45) is 1.88. The molecule has 0 spiro atoms. The summed E-state index contributed by atoms with van der Waals surface area (Å²) in [5.41, 5.74) is -0.148. The normalized spacial score (nSPS) is 18.0. The van der Waals surface area contributed by atoms with E-state index in [9.17, 15) is 14.9 Å². The van der Waals surface area contributed by atoms with Crippen LogP contribution in [0.15, 0.2) is 18.2 Å². The molecular formula is C13H17Cl2N3O3. The van der Waals surface area contributed by atoms with Gasteiger partial charge < -0.3 is 10.2 Å². The standard InChI is InChI=1S/C13H16ClN3O3.ClH/c1-15-10-3-2-6-16(8-10)13(18)11-7-9(14)4-5-12(11)17(19)20;/h4-5,7,10,15H,2-3,6,8H2,1H3;1H. The van der Waals surface area contributed by atoms with E-state index in [1.165, 1.54) is 18.2 Å². The lowest BCUT2D eigenvalue weighted by Gasteiger charge is -2.32. The van der Waals surface area contributed by atoms with Crippen LogP contribution in [0, 0.1) is 10.1 Å². The highest BCUT2D eigenvalue weighted by Crippen LogP contribution is 2.25. The number of nitro groups is 1. The maximum atomic E-state index is 12.5. The molecule has 0 saturated carbocycles. The van der Waals surface area contributed by atoms with Gasteiger partial charge in [0.2, 0.25) is 0 Å². The van der Waals surface area contributed by atoms with Crippen LogP contribution in [-0.4, -0.2) is 41.9 Å². The number of likely N-dealkylation sites (N-methyl/N-ethyl adjacent to an activating group) is 1. The number of carbonyl (C=O) groups is 1. The van der Waals surface area contributed by atoms with Crippen molar-refractivity contribution >= 4 is 35.6 Å². The van der Waals surface area contributed by atoms with Gasteiger partial charge in [0.05, 0.1) is 4.92 Å². The summed E-state index contributed by atoms with van der Waals surface area (Å²) >= 11 is 5.85. The summed E-state index contributed by atoms with van der Waals surface area (Å²) in [6, 6.07) is 4.29. The fourth-order valence-electron chi connectivity index (χ4n) is 2.41. The van der Waals surface area contributed by atoms with E-state index < -0.39 is 4.92 Å². The van der Waals surface area contributed by atoms with Gasteiger partial charge in [-0.3, -0.25) is 14.9 Å². The Morgan fingerprint density at radius 3 is 2.86 bits per heavy atom. The third-order valence-electron chi connectivity index (χ3n) is 3.50. The number of likely N-dealkylation sites (tertiary alicyclic amines) is 1. The largest absolute Gasteiger partial charge is 0.337 e. The first-order valence-electron chi connectivity index (χ1n) is 6.43. The zero-order valence-corrected chi connectivity index (χ0v) is 13.1. The maximum absolute atomic E-state index is 12.5. The average Bonchev–Trinajstić information content (AvgIpc) is 2.46. The number of nitro benzene ring substituents is 1. The van der Waals surface area contributed by atoms with E-state index >= 15 is 0 Å². The molecule has 1 aromatic rings. The third-order valence-corrected chi connectivity index (χ3v) is 3.74. The van der Waals surface area contributed by atoms with Crippen molar-refractivity contribution in [2.24, 2.45) is 0 Å². The van der Waals surface area contributed by atoms with E-state index in [4.69, 9.17) is 11.6 Å². The van der Waals surface area contributed by atoms with Gasteiger partial charge in [-0.15, -0.1) is 12.4 Å². The van der Waals surface area contributed by atoms with Crippen LogP contribution in [0.5, 0.6) is 0 Å². The van der Waals surface area contributed by atoms with Gasteiger partial charge in [-0.2, -0.15) is 0 Å². The molecule has 6 nitrogen and oxygen atoms in total. The van der Waals surface area contributed by atoms with E-state index in [0.717, 1.165) is 12.8 Å². The molecule has 1 aliphatic rings. The third kappa shape index (κ3) is 4.06. The second-order valence-corrected chi connectivity index (χ2v) is 5.23. The van der Waals surface area contributed by atoms with Crippen LogP contribution in [0.3, 0.4) is 0 Å². The van der Waals surface area contributed by atoms with Gasteiger partial charge in [-0.25, -0.2) is 0 Å². The molecule has 1 aliphatic heterocycles. The molecule has 21 heavy (non-hydrogen) atoms. The fourth-order valence-corrected chi connectivity index (χ4v) is 2.58. The SMILES string of the molecule is CNC1CCCN(C(=O)c2cc(Cl)ccc2[N+](=O)[O-])C1.Cl. The van der Waals surface area contributed by atoms with E-state index in [2.05, 4.69) is 5.32 Å². The smallest absolute Gasteiger partial charge is 0.282 e. The van der Waals surface area contributed by atoms with Gasteiger partial charge in [-0.1, -0.05) is 11.6 Å². The van der Waals surface area contributed by atoms with E-state index in [0.29, 0.717) is 18.1 Å². The number of carbonyl (C=O) groups excluding carboxylic acids is 1. The van der Waals surface area contributed by atoms with E-state index in [1.54, 1.807) is 4.90 Å². The lowest BCUT2D eigenvalue weighted by atomic mass is 10.0. The number of rotatable bonds is 3. The van der Waals surface area contributed by atoms with Crippen molar-refractivity contribution in [1.82, 2.24) is 10.2 Å². The second-order valence-electron chi connectivity index (χ2n) is 4.80. The van der Waals surface area contributed by atoms with Crippen LogP contribution in [0.1, 0.15) is 23.2 Å². The topological polar surface area (TPSA) is 75.5 Å². The number of hydrogen-bond acceptors (Lipinski definition) is 4. The second kappa shape index (κ2) is 7.59. The van der Waals surface area contributed by atoms with Crippen molar-refractivity contribution < 1.29 is 9.72 Å². The summed E-state index contributed by atoms with van der Waals surface area (Å²) in [7, 11) is 1.85. The van der Waals surface area contributed by atoms with Crippen molar-refractivity contribution in [3.05, 3.63) is 38.9 Å². The predicted molar refractivity (Wildman–Crippen MR) is 83.3 cm³/mol. The zero-order chi connectivity index (χ0) is 14.7. The lowest BCUT2D eigenvalue weighted by Crippen LogP contribution is -2.47. The molecule has 0 aromatic heterocycles. The number of hydrogen-bond donors (Lipinski definition) is 1. The van der Waals surface area contributed by atoms with Crippen LogP contribution in [-0.2, 0) is 0 Å². The molecule has 0 aliphatic carbocycles. The van der Waals surface area contributed by atoms with Gasteiger partial charge in [0, 0.05) is 30.2 Å². The summed E-state index contributed by atoms with van der Waals surface area (Å²) in [6.45, 7) is 1.17. The molecule has 8 heteroatoms. The van der Waals surface area contributed by atoms with Crippen LogP contribution >= 0.6 is 24.0 Å². The van der Waals surface area contributed by atoms with Crippen LogP contribution in [0.4, 0.5) is 5.69 Å². The Labute approximate surface area is 134 Å². The van der Waals surface area contributed by atoms with Gasteiger partial charge in [0.1, 0.15) is 5.56 Å². The number of piperidine rings is 1. The first-order chi connectivity index (χ1) is 9.52. The number of nitrogens with one attached hydrogen (secondary N) is 1. The number of halogens is 2. The fraction of sp³-hybridized carbons (Fsp3) is 0.462. The molecule has 1 aromatic carbocycles. The van der Waals surface area contributed by atoms with Crippen molar-refractivity contribution in [2.75, 3.05) is 20.1 Å². The molecule has 1 saturated heterocycles. The molecule has 1 amide bonds. The molecule has 2 rings (SSSR count). The molecule has 1 unspecified atom stereocenters. The van der Waals surface area contributed by atoms with Crippen molar-refractivity contribution in [3.63, 3.8) is 0 Å². The molecule has 1 atom stereocenters. The quantitative estimate of drug-likeness (QED) is 0.681. The Balaban J connectivity index is 0.00000220. The van der Waals surface area contributed by atoms with Crippen molar-refractivity contribution in [2.45, 2.75) is 18.9 Å². The lowest BCUT2D eigenvalue weighted by molar-refractivity contribution is -0.385. The number of amides is 1. The van der Waals surface area contributed by atoms with Crippen LogP contribution in [0.2, 0.25) is 5.02 Å². The minimum Gasteiger partial charge on any atom is -0.337 e. The first kappa shape index (κ1) is 17.7. The zero-order valence-electron chi connectivity index (χ0n) is 11.5. The molecule has 0 radical (unpaired) electrons. The summed E-state index contributed by atoms with van der Waals surface area (Å²) < 4.78 is 0. The summed E-state index contributed by atoms with van der Waals surface area (Å²) in [5, 5.41) is 14.5. The van der Waals surface area contributed by atoms with Gasteiger partial charge in [-0.05, 0) is 32.0 Å². The molecule has 1 heterocycles. The molecule has 0 bridgehead atoms. The van der Waals surface area contributed by atoms with Crippen molar-refractivity contribution in [3.8, 4) is 0 Å². The highest BCUT2D eigenvalue weighted by molar-refractivity contribution is 6.31. The average molecular weight is 334 g/mol. The van der Waals surface area contributed by atoms with E-state index in [-0.39, 0.29) is 35.6 Å². The van der Waals surface area contributed by atoms with Crippen LogP contribution in [0.25, 0.3) is 0 Å². The molecular weight excluding hydrogens is 317 g/mol. The Bertz CT molecular complexity index is 539. The Morgan fingerprint density at radius 2 is 2.24 bits per heavy atom. The minimum absolute atomic E-state index is 0. The first-order valence-corrected chi connectivity index (χ1v) is 6.81. The Hall–Kier alpha value is -1.37. The predicted octanol–water partition coefficient (Wildman–Crippen LogP) is 2.49.